The van der Waals surface area contributed by atoms with Gasteiger partial charge in [0.05, 0.1) is 23.6 Å². The maximum Gasteiger partial charge on any atom is 0.342 e. The number of hydrogen-bond acceptors (Lipinski definition) is 11. The van der Waals surface area contributed by atoms with Gasteiger partial charge in [-0.05, 0) is 30.5 Å². The summed E-state index contributed by atoms with van der Waals surface area (Å²) < 4.78 is 13.7. The number of nitrogen functional groups attached to an aromatic ring is 1. The van der Waals surface area contributed by atoms with E-state index in [9.17, 15) is 20.1 Å². The predicted molar refractivity (Wildman–Crippen MR) is 158 cm³/mol. The van der Waals surface area contributed by atoms with Crippen LogP contribution in [0.4, 0.5) is 5.82 Å². The smallest absolute Gasteiger partial charge is 0.342 e. The lowest BCUT2D eigenvalue weighted by atomic mass is 9.90. The van der Waals surface area contributed by atoms with Gasteiger partial charge in [-0.3, -0.25) is 4.57 Å². The van der Waals surface area contributed by atoms with Crippen molar-refractivity contribution in [3.05, 3.63) is 88.4 Å². The normalized spacial score (nSPS) is 21.7. The number of carboxylic acids is 1. The topological polar surface area (TPSA) is 179 Å². The molecule has 0 bridgehead atoms. The van der Waals surface area contributed by atoms with Crippen molar-refractivity contribution in [2.75, 3.05) is 12.3 Å². The molecule has 5 aromatic rings. The van der Waals surface area contributed by atoms with Gasteiger partial charge in [0.15, 0.2) is 17.7 Å². The molecule has 0 spiro atoms. The lowest BCUT2D eigenvalue weighted by Gasteiger charge is -2.30. The lowest BCUT2D eigenvalue weighted by Crippen LogP contribution is -2.44. The van der Waals surface area contributed by atoms with Gasteiger partial charge in [0.25, 0.3) is 0 Å². The maximum absolute atomic E-state index is 13.0. The molecule has 1 fully saturated rings. The Labute approximate surface area is 250 Å². The summed E-state index contributed by atoms with van der Waals surface area (Å²) in [6.07, 6.45) is -3.55. The van der Waals surface area contributed by atoms with Gasteiger partial charge in [-0.2, -0.15) is 0 Å². The third kappa shape index (κ3) is 5.37. The number of fused-ring (bicyclic) bond motifs is 1. The summed E-state index contributed by atoms with van der Waals surface area (Å²) in [6.45, 7) is 3.11. The van der Waals surface area contributed by atoms with Crippen LogP contribution in [0.1, 0.15) is 28.3 Å². The number of aliphatic carboxylic acids is 1. The first-order chi connectivity index (χ1) is 20.7. The molecule has 12 nitrogen and oxygen atoms in total. The van der Waals surface area contributed by atoms with Crippen LogP contribution in [0.2, 0.25) is 0 Å². The number of anilines is 1. The number of rotatable bonds is 9. The zero-order valence-corrected chi connectivity index (χ0v) is 24.2. The highest BCUT2D eigenvalue weighted by Crippen LogP contribution is 2.36. The molecular weight excluding hydrogens is 572 g/mol. The third-order valence-electron chi connectivity index (χ3n) is 7.56. The molecule has 13 heteroatoms. The minimum Gasteiger partial charge on any atom is -0.479 e. The molecule has 1 saturated heterocycles. The van der Waals surface area contributed by atoms with Crippen LogP contribution in [-0.2, 0) is 26.3 Å². The number of nitrogens with two attached hydrogens (primary N) is 1. The number of aromatic nitrogens is 5. The number of carboxylic acid groups (broad SMARTS) is 1. The summed E-state index contributed by atoms with van der Waals surface area (Å²) in [5.74, 6) is -0.658. The largest absolute Gasteiger partial charge is 0.479 e. The van der Waals surface area contributed by atoms with Gasteiger partial charge in [-0.1, -0.05) is 54.6 Å². The fourth-order valence-corrected chi connectivity index (χ4v) is 5.98. The molecule has 0 aliphatic carbocycles. The second-order valence-corrected chi connectivity index (χ2v) is 11.5. The van der Waals surface area contributed by atoms with Crippen LogP contribution in [0.15, 0.2) is 66.3 Å². The minimum absolute atomic E-state index is 0.0307. The zero-order chi connectivity index (χ0) is 30.3. The molecule has 5 N–H and O–H groups in total. The molecule has 222 valence electrons. The summed E-state index contributed by atoms with van der Waals surface area (Å²) in [5, 5.41) is 34.8. The quantitative estimate of drug-likeness (QED) is 0.195. The Hall–Kier alpha value is -4.27. The molecule has 4 heterocycles. The molecule has 5 atom stereocenters. The van der Waals surface area contributed by atoms with Gasteiger partial charge in [-0.25, -0.2) is 24.7 Å². The van der Waals surface area contributed by atoms with Crippen molar-refractivity contribution in [1.82, 2.24) is 24.5 Å². The Morgan fingerprint density at radius 3 is 2.44 bits per heavy atom. The van der Waals surface area contributed by atoms with Crippen molar-refractivity contribution in [2.45, 2.75) is 50.4 Å². The molecule has 2 aromatic carbocycles. The number of nitrogens with zero attached hydrogens (tertiary/aromatic N) is 5. The van der Waals surface area contributed by atoms with E-state index in [0.717, 1.165) is 16.7 Å². The van der Waals surface area contributed by atoms with E-state index in [0.29, 0.717) is 22.0 Å². The van der Waals surface area contributed by atoms with Crippen molar-refractivity contribution >= 4 is 34.3 Å². The monoisotopic (exact) mass is 602 g/mol. The number of aliphatic hydroxyl groups excluding tert-OH is 2. The number of thiazole rings is 1. The van der Waals surface area contributed by atoms with Gasteiger partial charge in [-0.15, -0.1) is 11.3 Å². The average Bonchev–Trinajstić information content (AvgIpc) is 3.70. The molecule has 3 aromatic heterocycles. The van der Waals surface area contributed by atoms with Crippen LogP contribution in [0.3, 0.4) is 0 Å². The van der Waals surface area contributed by atoms with Crippen molar-refractivity contribution in [2.24, 2.45) is 0 Å². The average molecular weight is 603 g/mol. The standard InChI is InChI=1S/C30H30N6O6S/c1-16-33-26(31)23-27(34-16)36(15-32-23)28-25(38)24(37)21(42-28)13-41-30(29(39)40,22-14-43-17(2)35-22)12-18-8-10-20(11-9-18)19-6-4-3-5-7-19/h3-11,14-15,21,24-25,28,37-38H,12-13H2,1-2H3,(H,39,40)(H2,31,33,34)/t21-,24-,25-,28-,30+/m1/s1. The van der Waals surface area contributed by atoms with Crippen LogP contribution in [-0.4, -0.2) is 70.7 Å². The summed E-state index contributed by atoms with van der Waals surface area (Å²) in [4.78, 5) is 30.2. The minimum atomic E-state index is -1.88. The number of benzene rings is 2. The van der Waals surface area contributed by atoms with Crippen molar-refractivity contribution in [3.63, 3.8) is 0 Å². The number of ether oxygens (including phenoxy) is 2. The molecule has 6 rings (SSSR count). The maximum atomic E-state index is 13.0. The van der Waals surface area contributed by atoms with Crippen LogP contribution in [0.5, 0.6) is 0 Å². The zero-order valence-electron chi connectivity index (χ0n) is 23.4. The van der Waals surface area contributed by atoms with E-state index < -0.39 is 36.1 Å². The Bertz CT molecular complexity index is 1760. The van der Waals surface area contributed by atoms with Gasteiger partial charge < -0.3 is 30.5 Å². The first kappa shape index (κ1) is 28.8. The summed E-state index contributed by atoms with van der Waals surface area (Å²) >= 11 is 1.31. The SMILES string of the molecule is Cc1nc(N)c2ncn([C@@H]3O[C@H](CO[C@](Cc4ccc(-c5ccccc5)cc4)(C(=O)O)c4csc(C)n4)[C@@H](O)[C@H]3O)c2n1. The van der Waals surface area contributed by atoms with Crippen LogP contribution < -0.4 is 5.73 Å². The van der Waals surface area contributed by atoms with Crippen molar-refractivity contribution in [1.29, 1.82) is 0 Å². The number of carbonyl (C=O) groups is 1. The molecule has 0 saturated carbocycles. The second kappa shape index (κ2) is 11.4. The molecule has 1 aliphatic heterocycles. The molecule has 43 heavy (non-hydrogen) atoms. The van der Waals surface area contributed by atoms with E-state index >= 15 is 0 Å². The van der Waals surface area contributed by atoms with Gasteiger partial charge in [0, 0.05) is 11.8 Å². The fourth-order valence-electron chi connectivity index (χ4n) is 5.30. The van der Waals surface area contributed by atoms with Gasteiger partial charge >= 0.3 is 5.97 Å². The molecular formula is C30H30N6O6S. The Morgan fingerprint density at radius 2 is 1.77 bits per heavy atom. The first-order valence-corrected chi connectivity index (χ1v) is 14.5. The van der Waals surface area contributed by atoms with E-state index in [1.165, 1.54) is 22.2 Å². The molecule has 0 unspecified atom stereocenters. The number of hydrogen-bond donors (Lipinski definition) is 4. The van der Waals surface area contributed by atoms with Gasteiger partial charge in [0.2, 0.25) is 5.60 Å². The Balaban J connectivity index is 1.27. The third-order valence-corrected chi connectivity index (χ3v) is 8.33. The van der Waals surface area contributed by atoms with Crippen LogP contribution >= 0.6 is 11.3 Å². The van der Waals surface area contributed by atoms with Gasteiger partial charge in [0.1, 0.15) is 29.7 Å². The Morgan fingerprint density at radius 1 is 1.05 bits per heavy atom. The molecule has 0 radical (unpaired) electrons. The van der Waals surface area contributed by atoms with Crippen molar-refractivity contribution < 1.29 is 29.6 Å². The molecule has 1 aliphatic rings. The van der Waals surface area contributed by atoms with E-state index in [1.54, 1.807) is 19.2 Å². The van der Waals surface area contributed by atoms with E-state index in [4.69, 9.17) is 15.2 Å². The predicted octanol–water partition coefficient (Wildman–Crippen LogP) is 3.01. The summed E-state index contributed by atoms with van der Waals surface area (Å²) in [5.41, 5.74) is 7.75. The fraction of sp³-hybridized carbons (Fsp3) is 0.300. The second-order valence-electron chi connectivity index (χ2n) is 10.5. The lowest BCUT2D eigenvalue weighted by molar-refractivity contribution is -0.177. The summed E-state index contributed by atoms with van der Waals surface area (Å²) in [6, 6.07) is 17.5. The van der Waals surface area contributed by atoms with Crippen LogP contribution in [0.25, 0.3) is 22.3 Å². The van der Waals surface area contributed by atoms with Crippen LogP contribution in [0, 0.1) is 13.8 Å². The first-order valence-electron chi connectivity index (χ1n) is 13.6. The molecule has 0 amide bonds. The van der Waals surface area contributed by atoms with Crippen molar-refractivity contribution in [3.8, 4) is 11.1 Å². The highest BCUT2D eigenvalue weighted by molar-refractivity contribution is 7.09. The summed E-state index contributed by atoms with van der Waals surface area (Å²) in [7, 11) is 0. The Kier molecular flexibility index (Phi) is 7.66. The number of aliphatic hydroxyl groups is 2. The highest BCUT2D eigenvalue weighted by atomic mass is 32.1. The number of aryl methyl sites for hydroxylation is 2. The van der Waals surface area contributed by atoms with E-state index in [1.807, 2.05) is 54.6 Å². The van der Waals surface area contributed by atoms with E-state index in [-0.39, 0.29) is 24.5 Å². The van der Waals surface area contributed by atoms with E-state index in [2.05, 4.69) is 19.9 Å². The number of imidazole rings is 1. The highest BCUT2D eigenvalue weighted by Gasteiger charge is 2.49.